The molecule has 110 valence electrons. The molecule has 0 bridgehead atoms. The van der Waals surface area contributed by atoms with Crippen molar-refractivity contribution in [3.8, 4) is 10.6 Å². The molecule has 21 heavy (non-hydrogen) atoms. The zero-order chi connectivity index (χ0) is 15.0. The van der Waals surface area contributed by atoms with Gasteiger partial charge in [-0.05, 0) is 44.0 Å². The molecule has 0 saturated carbocycles. The molecule has 1 aromatic heterocycles. The van der Waals surface area contributed by atoms with Gasteiger partial charge in [0.15, 0.2) is 5.69 Å². The van der Waals surface area contributed by atoms with Crippen molar-refractivity contribution in [2.24, 2.45) is 0 Å². The molecule has 1 aliphatic heterocycles. The molecule has 1 aromatic carbocycles. The number of fused-ring (bicyclic) bond motifs is 1. The molecule has 2 aromatic rings. The summed E-state index contributed by atoms with van der Waals surface area (Å²) >= 11 is 1.54. The van der Waals surface area contributed by atoms with Crippen LogP contribution in [0.3, 0.4) is 0 Å². The van der Waals surface area contributed by atoms with Gasteiger partial charge in [0.05, 0.1) is 6.61 Å². The maximum atomic E-state index is 11.9. The third-order valence-electron chi connectivity index (χ3n) is 3.72. The number of thiazole rings is 1. The second-order valence-corrected chi connectivity index (χ2v) is 6.36. The number of esters is 1. The van der Waals surface area contributed by atoms with Crippen LogP contribution in [0.25, 0.3) is 10.6 Å². The van der Waals surface area contributed by atoms with Gasteiger partial charge in [0.1, 0.15) is 5.01 Å². The molecule has 5 heteroatoms. The average Bonchev–Trinajstić information content (AvgIpc) is 3.03. The number of likely N-dealkylation sites (N-methyl/N-ethyl adjacent to an activating group) is 1. The summed E-state index contributed by atoms with van der Waals surface area (Å²) in [7, 11) is 2.11. The van der Waals surface area contributed by atoms with Crippen LogP contribution >= 0.6 is 11.3 Å². The smallest absolute Gasteiger partial charge is 0.358 e. The molecule has 2 heterocycles. The highest BCUT2D eigenvalue weighted by Gasteiger charge is 2.20. The number of rotatable bonds is 3. The van der Waals surface area contributed by atoms with Crippen LogP contribution in [0.5, 0.6) is 0 Å². The highest BCUT2D eigenvalue weighted by molar-refractivity contribution is 7.15. The van der Waals surface area contributed by atoms with Crippen molar-refractivity contribution >= 4 is 23.0 Å². The molecule has 0 fully saturated rings. The molecule has 0 spiro atoms. The number of hydrogen-bond donors (Lipinski definition) is 0. The fourth-order valence-electron chi connectivity index (χ4n) is 2.61. The maximum absolute atomic E-state index is 11.9. The van der Waals surface area contributed by atoms with Crippen molar-refractivity contribution in [2.45, 2.75) is 20.3 Å². The first-order valence-electron chi connectivity index (χ1n) is 7.09. The number of hydrogen-bond acceptors (Lipinski definition) is 5. The lowest BCUT2D eigenvalue weighted by Crippen LogP contribution is -2.12. The Bertz CT molecular complexity index is 694. The zero-order valence-corrected chi connectivity index (χ0v) is 13.3. The second kappa shape index (κ2) is 5.48. The van der Waals surface area contributed by atoms with Gasteiger partial charge in [-0.3, -0.25) is 0 Å². The fourth-order valence-corrected chi connectivity index (χ4v) is 3.51. The number of ether oxygens (including phenoxy) is 1. The summed E-state index contributed by atoms with van der Waals surface area (Å²) < 4.78 is 5.04. The van der Waals surface area contributed by atoms with Crippen molar-refractivity contribution in [1.82, 2.24) is 4.98 Å². The third kappa shape index (κ3) is 2.53. The molecule has 0 radical (unpaired) electrons. The first kappa shape index (κ1) is 14.1. The van der Waals surface area contributed by atoms with E-state index in [0.29, 0.717) is 12.3 Å². The summed E-state index contributed by atoms with van der Waals surface area (Å²) in [6, 6.07) is 6.40. The molecule has 0 aliphatic carbocycles. The SMILES string of the molecule is CCOC(=O)c1nc(-c2ccc3c(c2)CCN3C)sc1C. The predicted molar refractivity (Wildman–Crippen MR) is 85.2 cm³/mol. The van der Waals surface area contributed by atoms with Crippen molar-refractivity contribution < 1.29 is 9.53 Å². The van der Waals surface area contributed by atoms with Crippen molar-refractivity contribution in [2.75, 3.05) is 25.1 Å². The summed E-state index contributed by atoms with van der Waals surface area (Å²) in [6.07, 6.45) is 1.06. The van der Waals surface area contributed by atoms with Crippen LogP contribution < -0.4 is 4.90 Å². The molecule has 0 saturated heterocycles. The van der Waals surface area contributed by atoms with Gasteiger partial charge in [-0.25, -0.2) is 9.78 Å². The Morgan fingerprint density at radius 3 is 3.05 bits per heavy atom. The van der Waals surface area contributed by atoms with Crippen LogP contribution in [0.4, 0.5) is 5.69 Å². The largest absolute Gasteiger partial charge is 0.461 e. The van der Waals surface area contributed by atoms with Gasteiger partial charge >= 0.3 is 5.97 Å². The molecule has 4 nitrogen and oxygen atoms in total. The van der Waals surface area contributed by atoms with Gasteiger partial charge in [0, 0.05) is 29.7 Å². The number of carbonyl (C=O) groups is 1. The van der Waals surface area contributed by atoms with E-state index in [0.717, 1.165) is 28.4 Å². The number of nitrogens with zero attached hydrogens (tertiary/aromatic N) is 2. The van der Waals surface area contributed by atoms with Crippen molar-refractivity contribution in [3.05, 3.63) is 34.3 Å². The lowest BCUT2D eigenvalue weighted by Gasteiger charge is -2.11. The topological polar surface area (TPSA) is 42.4 Å². The number of aryl methyl sites for hydroxylation is 1. The lowest BCUT2D eigenvalue weighted by atomic mass is 10.1. The standard InChI is InChI=1S/C16H18N2O2S/c1-4-20-16(19)14-10(2)21-15(17-14)12-5-6-13-11(9-12)7-8-18(13)3/h5-6,9H,4,7-8H2,1-3H3. The van der Waals surface area contributed by atoms with Gasteiger partial charge in [0.2, 0.25) is 0 Å². The number of carbonyl (C=O) groups excluding carboxylic acids is 1. The minimum Gasteiger partial charge on any atom is -0.461 e. The second-order valence-electron chi connectivity index (χ2n) is 5.16. The van der Waals surface area contributed by atoms with Gasteiger partial charge in [-0.1, -0.05) is 0 Å². The van der Waals surface area contributed by atoms with Crippen LogP contribution in [-0.4, -0.2) is 31.2 Å². The van der Waals surface area contributed by atoms with E-state index in [1.54, 1.807) is 18.3 Å². The summed E-state index contributed by atoms with van der Waals surface area (Å²) in [4.78, 5) is 19.5. The van der Waals surface area contributed by atoms with E-state index >= 15 is 0 Å². The Labute approximate surface area is 128 Å². The zero-order valence-electron chi connectivity index (χ0n) is 12.5. The third-order valence-corrected chi connectivity index (χ3v) is 4.74. The summed E-state index contributed by atoms with van der Waals surface area (Å²) in [5, 5.41) is 0.882. The van der Waals surface area contributed by atoms with Crippen molar-refractivity contribution in [3.63, 3.8) is 0 Å². The molecule has 0 N–H and O–H groups in total. The first-order valence-corrected chi connectivity index (χ1v) is 7.90. The summed E-state index contributed by atoms with van der Waals surface area (Å²) in [6.45, 7) is 5.14. The number of anilines is 1. The Kier molecular flexibility index (Phi) is 3.68. The summed E-state index contributed by atoms with van der Waals surface area (Å²) in [5.74, 6) is -0.335. The van der Waals surface area contributed by atoms with E-state index < -0.39 is 0 Å². The average molecular weight is 302 g/mol. The highest BCUT2D eigenvalue weighted by Crippen LogP contribution is 2.34. The highest BCUT2D eigenvalue weighted by atomic mass is 32.1. The number of benzene rings is 1. The van der Waals surface area contributed by atoms with Crippen LogP contribution in [0, 0.1) is 6.92 Å². The van der Waals surface area contributed by atoms with Gasteiger partial charge in [0.25, 0.3) is 0 Å². The minimum atomic E-state index is -0.335. The van der Waals surface area contributed by atoms with Gasteiger partial charge in [-0.2, -0.15) is 0 Å². The van der Waals surface area contributed by atoms with Crippen LogP contribution in [0.1, 0.15) is 27.9 Å². The van der Waals surface area contributed by atoms with E-state index in [1.807, 2.05) is 6.92 Å². The van der Waals surface area contributed by atoms with Crippen LogP contribution in [-0.2, 0) is 11.2 Å². The molecule has 3 rings (SSSR count). The first-order chi connectivity index (χ1) is 10.1. The Morgan fingerprint density at radius 1 is 1.48 bits per heavy atom. The monoisotopic (exact) mass is 302 g/mol. The van der Waals surface area contributed by atoms with Crippen LogP contribution in [0.15, 0.2) is 18.2 Å². The van der Waals surface area contributed by atoms with Crippen LogP contribution in [0.2, 0.25) is 0 Å². The maximum Gasteiger partial charge on any atom is 0.358 e. The normalized spacial score (nSPS) is 13.4. The molecule has 1 aliphatic rings. The van der Waals surface area contributed by atoms with Crippen molar-refractivity contribution in [1.29, 1.82) is 0 Å². The molecule has 0 atom stereocenters. The minimum absolute atomic E-state index is 0.335. The molecule has 0 unspecified atom stereocenters. The Hall–Kier alpha value is -1.88. The van der Waals surface area contributed by atoms with Gasteiger partial charge in [-0.15, -0.1) is 11.3 Å². The predicted octanol–water partition coefficient (Wildman–Crippen LogP) is 3.29. The van der Waals surface area contributed by atoms with E-state index in [4.69, 9.17) is 4.74 Å². The Morgan fingerprint density at radius 2 is 2.29 bits per heavy atom. The molecular formula is C16H18N2O2S. The quantitative estimate of drug-likeness (QED) is 0.816. The van der Waals surface area contributed by atoms with E-state index in [2.05, 4.69) is 35.1 Å². The lowest BCUT2D eigenvalue weighted by molar-refractivity contribution is 0.0519. The Balaban J connectivity index is 1.95. The van der Waals surface area contributed by atoms with E-state index in [9.17, 15) is 4.79 Å². The number of aromatic nitrogens is 1. The molecule has 0 amide bonds. The molecular weight excluding hydrogens is 284 g/mol. The fraction of sp³-hybridized carbons (Fsp3) is 0.375. The van der Waals surface area contributed by atoms with E-state index in [1.165, 1.54) is 11.3 Å². The van der Waals surface area contributed by atoms with Gasteiger partial charge < -0.3 is 9.64 Å². The van der Waals surface area contributed by atoms with E-state index in [-0.39, 0.29) is 5.97 Å². The summed E-state index contributed by atoms with van der Waals surface area (Å²) in [5.41, 5.74) is 4.15.